The Kier molecular flexibility index (Phi) is 7.65. The third-order valence-electron chi connectivity index (χ3n) is 6.21. The molecule has 1 aliphatic heterocycles. The quantitative estimate of drug-likeness (QED) is 0.411. The zero-order valence-corrected chi connectivity index (χ0v) is 21.9. The molecule has 0 aliphatic carbocycles. The van der Waals surface area contributed by atoms with E-state index in [2.05, 4.69) is 5.10 Å². The van der Waals surface area contributed by atoms with E-state index in [1.54, 1.807) is 43.4 Å². The lowest BCUT2D eigenvalue weighted by atomic mass is 10.2. The first-order valence-corrected chi connectivity index (χ1v) is 13.3. The number of rotatable bonds is 10. The largest absolute Gasteiger partial charge is 0.497 e. The van der Waals surface area contributed by atoms with Gasteiger partial charge in [0.1, 0.15) is 17.2 Å². The fourth-order valence-electron chi connectivity index (χ4n) is 3.96. The van der Waals surface area contributed by atoms with Crippen LogP contribution in [0.3, 0.4) is 0 Å². The van der Waals surface area contributed by atoms with Crippen LogP contribution in [0.25, 0.3) is 0 Å². The van der Waals surface area contributed by atoms with Gasteiger partial charge in [0, 0.05) is 38.3 Å². The van der Waals surface area contributed by atoms with E-state index in [0.717, 1.165) is 17.5 Å². The first-order chi connectivity index (χ1) is 17.2. The van der Waals surface area contributed by atoms with E-state index < -0.39 is 10.0 Å². The van der Waals surface area contributed by atoms with Crippen LogP contribution in [0.1, 0.15) is 47.9 Å². The van der Waals surface area contributed by atoms with Gasteiger partial charge in [0.2, 0.25) is 0 Å². The third-order valence-corrected chi connectivity index (χ3v) is 7.87. The number of likely N-dealkylation sites (tertiary alicyclic amines) is 1. The lowest BCUT2D eigenvalue weighted by Crippen LogP contribution is -2.43. The van der Waals surface area contributed by atoms with Crippen LogP contribution in [-0.2, 0) is 23.1 Å². The summed E-state index contributed by atoms with van der Waals surface area (Å²) in [5, 5.41) is 4.26. The molecule has 3 aromatic rings. The molecule has 1 fully saturated rings. The highest BCUT2D eigenvalue weighted by Crippen LogP contribution is 2.25. The minimum Gasteiger partial charge on any atom is -0.497 e. The number of aromatic nitrogens is 2. The first kappa shape index (κ1) is 25.7. The van der Waals surface area contributed by atoms with Crippen LogP contribution in [0.15, 0.2) is 59.6 Å². The Morgan fingerprint density at radius 1 is 0.944 bits per heavy atom. The molecule has 1 aliphatic rings. The zero-order valence-electron chi connectivity index (χ0n) is 21.0. The summed E-state index contributed by atoms with van der Waals surface area (Å²) < 4.78 is 41.2. The van der Waals surface area contributed by atoms with Crippen molar-refractivity contribution < 1.29 is 22.7 Å². The smallest absolute Gasteiger partial charge is 0.272 e. The van der Waals surface area contributed by atoms with Gasteiger partial charge in [-0.2, -0.15) is 9.40 Å². The molecule has 1 saturated heterocycles. The van der Waals surface area contributed by atoms with Gasteiger partial charge in [0.15, 0.2) is 5.03 Å². The number of hydrogen-bond acceptors (Lipinski definition) is 6. The van der Waals surface area contributed by atoms with Gasteiger partial charge in [-0.3, -0.25) is 9.48 Å². The molecule has 0 bridgehead atoms. The van der Waals surface area contributed by atoms with Crippen molar-refractivity contribution in [3.05, 3.63) is 71.4 Å². The monoisotopic (exact) mass is 512 g/mol. The molecule has 1 aromatic heterocycles. The predicted molar refractivity (Wildman–Crippen MR) is 136 cm³/mol. The fourth-order valence-corrected chi connectivity index (χ4v) is 5.31. The molecular formula is C26H32N4O5S. The van der Waals surface area contributed by atoms with Crippen molar-refractivity contribution in [3.8, 4) is 11.5 Å². The number of methoxy groups -OCH3 is 2. The normalized spacial score (nSPS) is 13.7. The van der Waals surface area contributed by atoms with Crippen molar-refractivity contribution in [2.45, 2.75) is 44.4 Å². The van der Waals surface area contributed by atoms with E-state index in [4.69, 9.17) is 9.47 Å². The van der Waals surface area contributed by atoms with Gasteiger partial charge in [-0.05, 0) is 55.7 Å². The number of benzene rings is 2. The van der Waals surface area contributed by atoms with Crippen LogP contribution in [0, 0.1) is 0 Å². The maximum absolute atomic E-state index is 13.9. The highest BCUT2D eigenvalue weighted by atomic mass is 32.2. The minimum absolute atomic E-state index is 0.127. The Bertz CT molecular complexity index is 1250. The fraction of sp³-hybridized carbons (Fsp3) is 0.385. The first-order valence-electron chi connectivity index (χ1n) is 11.9. The molecule has 0 N–H and O–H groups in total. The minimum atomic E-state index is -4.04. The van der Waals surface area contributed by atoms with E-state index in [1.807, 2.05) is 38.1 Å². The molecule has 4 rings (SSSR count). The summed E-state index contributed by atoms with van der Waals surface area (Å²) in [6.45, 7) is 5.35. The summed E-state index contributed by atoms with van der Waals surface area (Å²) in [5.74, 6) is 1.18. The summed E-state index contributed by atoms with van der Waals surface area (Å²) in [7, 11) is -0.878. The van der Waals surface area contributed by atoms with Gasteiger partial charge >= 0.3 is 0 Å². The summed E-state index contributed by atoms with van der Waals surface area (Å²) in [6.07, 6.45) is 0.949. The number of carbonyl (C=O) groups is 1. The van der Waals surface area contributed by atoms with E-state index in [-0.39, 0.29) is 35.8 Å². The Hall–Kier alpha value is -3.37. The Balaban J connectivity index is 1.70. The molecule has 36 heavy (non-hydrogen) atoms. The summed E-state index contributed by atoms with van der Waals surface area (Å²) in [5.41, 5.74) is 1.89. The van der Waals surface area contributed by atoms with Gasteiger partial charge in [-0.1, -0.05) is 24.3 Å². The molecule has 10 heteroatoms. The number of hydrogen-bond donors (Lipinski definition) is 0. The summed E-state index contributed by atoms with van der Waals surface area (Å²) >= 11 is 0. The molecule has 0 saturated carbocycles. The van der Waals surface area contributed by atoms with E-state index in [1.165, 1.54) is 15.1 Å². The summed E-state index contributed by atoms with van der Waals surface area (Å²) in [4.78, 5) is 14.7. The second-order valence-electron chi connectivity index (χ2n) is 9.02. The number of carbonyl (C=O) groups excluding carboxylic acids is 1. The molecule has 1 amide bonds. The average molecular weight is 513 g/mol. The van der Waals surface area contributed by atoms with Crippen molar-refractivity contribution in [1.82, 2.24) is 19.0 Å². The van der Waals surface area contributed by atoms with Gasteiger partial charge < -0.3 is 14.4 Å². The molecule has 0 atom stereocenters. The standard InChI is InChI=1S/C26H32N4O5S/c1-19(2)30-24(26(31)28-14-5-15-28)16-25(27-30)36(32,33)29(17-20-6-10-22(34-3)11-7-20)18-21-8-12-23(35-4)13-9-21/h6-13,16,19H,5,14-15,17-18H2,1-4H3. The molecule has 0 spiro atoms. The molecule has 2 aromatic carbocycles. The van der Waals surface area contributed by atoms with Gasteiger partial charge in [-0.25, -0.2) is 8.42 Å². The van der Waals surface area contributed by atoms with Crippen molar-refractivity contribution in [2.75, 3.05) is 27.3 Å². The highest BCUT2D eigenvalue weighted by molar-refractivity contribution is 7.89. The molecule has 192 valence electrons. The number of nitrogens with zero attached hydrogens (tertiary/aromatic N) is 4. The highest BCUT2D eigenvalue weighted by Gasteiger charge is 2.33. The number of amides is 1. The van der Waals surface area contributed by atoms with Gasteiger partial charge in [-0.15, -0.1) is 0 Å². The van der Waals surface area contributed by atoms with Crippen LogP contribution >= 0.6 is 0 Å². The second kappa shape index (κ2) is 10.7. The van der Waals surface area contributed by atoms with Crippen molar-refractivity contribution >= 4 is 15.9 Å². The van der Waals surface area contributed by atoms with Crippen LogP contribution < -0.4 is 9.47 Å². The number of ether oxygens (including phenoxy) is 2. The SMILES string of the molecule is COc1ccc(CN(Cc2ccc(OC)cc2)S(=O)(=O)c2cc(C(=O)N3CCC3)n(C(C)C)n2)cc1. The topological polar surface area (TPSA) is 94.0 Å². The van der Waals surface area contributed by atoms with Crippen molar-refractivity contribution in [3.63, 3.8) is 0 Å². The molecule has 9 nitrogen and oxygen atoms in total. The maximum atomic E-state index is 13.9. The van der Waals surface area contributed by atoms with Crippen LogP contribution in [-0.4, -0.2) is 60.6 Å². The average Bonchev–Trinajstić information content (AvgIpc) is 3.30. The van der Waals surface area contributed by atoms with Crippen LogP contribution in [0.2, 0.25) is 0 Å². The number of sulfonamides is 1. The van der Waals surface area contributed by atoms with Gasteiger partial charge in [0.05, 0.1) is 14.2 Å². The predicted octanol–water partition coefficient (Wildman–Crippen LogP) is 3.72. The molecule has 0 unspecified atom stereocenters. The van der Waals surface area contributed by atoms with E-state index in [9.17, 15) is 13.2 Å². The third kappa shape index (κ3) is 5.39. The van der Waals surface area contributed by atoms with Crippen LogP contribution in [0.4, 0.5) is 0 Å². The lowest BCUT2D eigenvalue weighted by Gasteiger charge is -2.31. The second-order valence-corrected chi connectivity index (χ2v) is 10.9. The Labute approximate surface area is 212 Å². The lowest BCUT2D eigenvalue weighted by molar-refractivity contribution is 0.0636. The van der Waals surface area contributed by atoms with Crippen molar-refractivity contribution in [1.29, 1.82) is 0 Å². The summed E-state index contributed by atoms with van der Waals surface area (Å²) in [6, 6.07) is 15.8. The zero-order chi connectivity index (χ0) is 25.9. The van der Waals surface area contributed by atoms with Crippen LogP contribution in [0.5, 0.6) is 11.5 Å². The van der Waals surface area contributed by atoms with Gasteiger partial charge in [0.25, 0.3) is 15.9 Å². The Morgan fingerprint density at radius 3 is 1.83 bits per heavy atom. The molecular weight excluding hydrogens is 480 g/mol. The van der Waals surface area contributed by atoms with Crippen molar-refractivity contribution in [2.24, 2.45) is 0 Å². The molecule has 2 heterocycles. The van der Waals surface area contributed by atoms with E-state index >= 15 is 0 Å². The molecule has 0 radical (unpaired) electrons. The maximum Gasteiger partial charge on any atom is 0.272 e. The Morgan fingerprint density at radius 2 is 1.44 bits per heavy atom. The van der Waals surface area contributed by atoms with E-state index in [0.29, 0.717) is 24.6 Å².